The van der Waals surface area contributed by atoms with Gasteiger partial charge in [0, 0.05) is 32.5 Å². The Labute approximate surface area is 146 Å². The van der Waals surface area contributed by atoms with Gasteiger partial charge < -0.3 is 14.6 Å². The maximum Gasteiger partial charge on any atom is 0.271 e. The predicted molar refractivity (Wildman–Crippen MR) is 93.4 cm³/mol. The van der Waals surface area contributed by atoms with Gasteiger partial charge in [0.15, 0.2) is 5.60 Å². The fraction of sp³-hybridized carbons (Fsp3) is 0.588. The zero-order valence-corrected chi connectivity index (χ0v) is 15.4. The monoisotopic (exact) mass is 349 g/mol. The minimum absolute atomic E-state index is 0.0436. The molecule has 0 saturated carbocycles. The molecule has 2 amide bonds. The van der Waals surface area contributed by atoms with Crippen LogP contribution < -0.4 is 0 Å². The second-order valence-electron chi connectivity index (χ2n) is 6.91. The molecule has 0 bridgehead atoms. The second-order valence-corrected chi connectivity index (χ2v) is 7.82. The van der Waals surface area contributed by atoms with Crippen molar-refractivity contribution in [1.82, 2.24) is 9.80 Å². The Morgan fingerprint density at radius 1 is 1.46 bits per heavy atom. The Bertz CT molecular complexity index is 697. The van der Waals surface area contributed by atoms with Gasteiger partial charge in [-0.05, 0) is 37.8 Å². The summed E-state index contributed by atoms with van der Waals surface area (Å²) in [5.41, 5.74) is 0.917. The quantitative estimate of drug-likeness (QED) is 0.841. The lowest BCUT2D eigenvalue weighted by Gasteiger charge is -2.23. The van der Waals surface area contributed by atoms with Gasteiger partial charge in [-0.1, -0.05) is 5.16 Å². The van der Waals surface area contributed by atoms with Crippen LogP contribution in [0.2, 0.25) is 0 Å². The molecule has 7 heteroatoms. The normalized spacial score (nSPS) is 22.9. The molecule has 1 aromatic heterocycles. The lowest BCUT2D eigenvalue weighted by molar-refractivity contribution is -0.124. The SMILES string of the molecule is Cc1ccsc1C(=O)N1CC[C@]2(CC(C(=O)N(C)C(C)C)=NO2)C1. The minimum Gasteiger partial charge on any atom is -0.386 e. The van der Waals surface area contributed by atoms with Crippen LogP contribution in [0.3, 0.4) is 0 Å². The summed E-state index contributed by atoms with van der Waals surface area (Å²) in [7, 11) is 1.77. The van der Waals surface area contributed by atoms with E-state index in [-0.39, 0.29) is 17.9 Å². The number of carbonyl (C=O) groups is 2. The Morgan fingerprint density at radius 2 is 2.21 bits per heavy atom. The maximum atomic E-state index is 12.7. The number of oxime groups is 1. The van der Waals surface area contributed by atoms with E-state index >= 15 is 0 Å². The van der Waals surface area contributed by atoms with Gasteiger partial charge in [0.2, 0.25) is 0 Å². The number of amides is 2. The molecule has 3 rings (SSSR count). The summed E-state index contributed by atoms with van der Waals surface area (Å²) in [6, 6.07) is 2.07. The topological polar surface area (TPSA) is 62.2 Å². The summed E-state index contributed by atoms with van der Waals surface area (Å²) >= 11 is 1.47. The zero-order valence-electron chi connectivity index (χ0n) is 14.5. The van der Waals surface area contributed by atoms with E-state index in [0.29, 0.717) is 31.6 Å². The molecular formula is C17H23N3O3S. The van der Waals surface area contributed by atoms with Crippen molar-refractivity contribution in [3.8, 4) is 0 Å². The molecule has 2 aliphatic heterocycles. The minimum atomic E-state index is -0.538. The zero-order chi connectivity index (χ0) is 17.5. The number of nitrogens with zero attached hydrogens (tertiary/aromatic N) is 3. The number of carbonyl (C=O) groups excluding carboxylic acids is 2. The number of likely N-dealkylation sites (tertiary alicyclic amines) is 1. The Morgan fingerprint density at radius 3 is 2.83 bits per heavy atom. The highest BCUT2D eigenvalue weighted by Crippen LogP contribution is 2.35. The van der Waals surface area contributed by atoms with Crippen molar-refractivity contribution in [2.45, 2.75) is 45.3 Å². The molecule has 0 N–H and O–H groups in total. The van der Waals surface area contributed by atoms with Crippen molar-refractivity contribution < 1.29 is 14.4 Å². The van der Waals surface area contributed by atoms with Gasteiger partial charge in [0.05, 0.1) is 11.4 Å². The van der Waals surface area contributed by atoms with E-state index in [9.17, 15) is 9.59 Å². The van der Waals surface area contributed by atoms with Crippen molar-refractivity contribution >= 4 is 28.9 Å². The molecule has 24 heavy (non-hydrogen) atoms. The van der Waals surface area contributed by atoms with Crippen LogP contribution >= 0.6 is 11.3 Å². The van der Waals surface area contributed by atoms with Crippen LogP contribution in [0.15, 0.2) is 16.6 Å². The van der Waals surface area contributed by atoms with E-state index in [1.165, 1.54) is 11.3 Å². The summed E-state index contributed by atoms with van der Waals surface area (Å²) in [6.07, 6.45) is 1.17. The lowest BCUT2D eigenvalue weighted by Crippen LogP contribution is -2.40. The fourth-order valence-corrected chi connectivity index (χ4v) is 3.94. The van der Waals surface area contributed by atoms with E-state index < -0.39 is 5.60 Å². The van der Waals surface area contributed by atoms with Gasteiger partial charge in [-0.15, -0.1) is 11.3 Å². The van der Waals surface area contributed by atoms with Crippen LogP contribution in [0, 0.1) is 6.92 Å². The van der Waals surface area contributed by atoms with Crippen molar-refractivity contribution in [2.24, 2.45) is 5.16 Å². The first kappa shape index (κ1) is 17.0. The third kappa shape index (κ3) is 2.92. The van der Waals surface area contributed by atoms with E-state index in [1.54, 1.807) is 11.9 Å². The first-order valence-electron chi connectivity index (χ1n) is 8.18. The van der Waals surface area contributed by atoms with Crippen molar-refractivity contribution in [3.05, 3.63) is 21.9 Å². The van der Waals surface area contributed by atoms with Gasteiger partial charge in [-0.25, -0.2) is 0 Å². The summed E-state index contributed by atoms with van der Waals surface area (Å²) in [5.74, 6) is -0.0530. The van der Waals surface area contributed by atoms with E-state index in [1.807, 2.05) is 37.1 Å². The standard InChI is InChI=1S/C17H23N3O3S/c1-11(2)19(4)15(21)13-9-17(23-18-13)6-7-20(10-17)16(22)14-12(3)5-8-24-14/h5,8,11H,6-7,9-10H2,1-4H3/t17-/m0/s1. The Kier molecular flexibility index (Phi) is 4.38. The van der Waals surface area contributed by atoms with Gasteiger partial charge in [-0.3, -0.25) is 9.59 Å². The molecule has 1 aromatic rings. The second kappa shape index (κ2) is 6.20. The molecule has 1 spiro atoms. The van der Waals surface area contributed by atoms with Gasteiger partial charge in [0.1, 0.15) is 5.71 Å². The number of thiophene rings is 1. The summed E-state index contributed by atoms with van der Waals surface area (Å²) < 4.78 is 0. The fourth-order valence-electron chi connectivity index (χ4n) is 3.05. The summed E-state index contributed by atoms with van der Waals surface area (Å²) in [6.45, 7) is 6.98. The lowest BCUT2D eigenvalue weighted by atomic mass is 9.96. The predicted octanol–water partition coefficient (Wildman–Crippen LogP) is 2.28. The van der Waals surface area contributed by atoms with Crippen LogP contribution in [0.1, 0.15) is 41.9 Å². The van der Waals surface area contributed by atoms with Crippen molar-refractivity contribution in [2.75, 3.05) is 20.1 Å². The van der Waals surface area contributed by atoms with Crippen LogP contribution in [0.25, 0.3) is 0 Å². The number of aryl methyl sites for hydroxylation is 1. The average Bonchev–Trinajstić information content (AvgIpc) is 3.26. The van der Waals surface area contributed by atoms with Crippen LogP contribution in [-0.2, 0) is 9.63 Å². The molecule has 130 valence electrons. The molecule has 0 radical (unpaired) electrons. The Balaban J connectivity index is 1.65. The van der Waals surface area contributed by atoms with Gasteiger partial charge >= 0.3 is 0 Å². The van der Waals surface area contributed by atoms with Crippen molar-refractivity contribution in [3.63, 3.8) is 0 Å². The number of hydrogen-bond acceptors (Lipinski definition) is 5. The van der Waals surface area contributed by atoms with E-state index in [0.717, 1.165) is 10.4 Å². The maximum absolute atomic E-state index is 12.7. The smallest absolute Gasteiger partial charge is 0.271 e. The van der Waals surface area contributed by atoms with Crippen LogP contribution in [0.4, 0.5) is 0 Å². The number of rotatable bonds is 3. The molecule has 1 saturated heterocycles. The molecule has 1 atom stereocenters. The molecular weight excluding hydrogens is 326 g/mol. The first-order valence-corrected chi connectivity index (χ1v) is 9.06. The van der Waals surface area contributed by atoms with Gasteiger partial charge in [-0.2, -0.15) is 0 Å². The first-order chi connectivity index (χ1) is 11.3. The van der Waals surface area contributed by atoms with Gasteiger partial charge in [0.25, 0.3) is 11.8 Å². The highest BCUT2D eigenvalue weighted by Gasteiger charge is 2.48. The highest BCUT2D eigenvalue weighted by molar-refractivity contribution is 7.12. The summed E-state index contributed by atoms with van der Waals surface area (Å²) in [5, 5.41) is 5.97. The molecule has 3 heterocycles. The number of hydrogen-bond donors (Lipinski definition) is 0. The highest BCUT2D eigenvalue weighted by atomic mass is 32.1. The molecule has 1 fully saturated rings. The van der Waals surface area contributed by atoms with Crippen LogP contribution in [0.5, 0.6) is 0 Å². The molecule has 6 nitrogen and oxygen atoms in total. The third-order valence-corrected chi connectivity index (χ3v) is 5.85. The summed E-state index contributed by atoms with van der Waals surface area (Å²) in [4.78, 5) is 35.0. The molecule has 0 unspecified atom stereocenters. The van der Waals surface area contributed by atoms with E-state index in [4.69, 9.17) is 4.84 Å². The third-order valence-electron chi connectivity index (χ3n) is 4.84. The molecule has 0 aliphatic carbocycles. The van der Waals surface area contributed by atoms with Crippen LogP contribution in [-0.4, -0.2) is 59.1 Å². The van der Waals surface area contributed by atoms with E-state index in [2.05, 4.69) is 5.16 Å². The average molecular weight is 349 g/mol. The van der Waals surface area contributed by atoms with Crippen molar-refractivity contribution in [1.29, 1.82) is 0 Å². The Hall–Kier alpha value is -1.89. The molecule has 0 aromatic carbocycles. The molecule has 2 aliphatic rings. The largest absolute Gasteiger partial charge is 0.386 e.